The van der Waals surface area contributed by atoms with Crippen LogP contribution in [0.2, 0.25) is 0 Å². The van der Waals surface area contributed by atoms with Crippen LogP contribution in [-0.2, 0) is 0 Å². The van der Waals surface area contributed by atoms with E-state index in [0.717, 1.165) is 5.92 Å². The fraction of sp³-hybridized carbons (Fsp3) is 0.667. The van der Waals surface area contributed by atoms with Crippen LogP contribution >= 0.6 is 0 Å². The lowest BCUT2D eigenvalue weighted by molar-refractivity contribution is 0.700. The first kappa shape index (κ1) is 3.91. The molecule has 0 aromatic carbocycles. The van der Waals surface area contributed by atoms with Gasteiger partial charge in [0.1, 0.15) is 0 Å². The first-order valence-electron chi connectivity index (χ1n) is 2.46. The maximum Gasteiger partial charge on any atom is -0.0253 e. The van der Waals surface area contributed by atoms with Crippen LogP contribution in [0.3, 0.4) is 0 Å². The summed E-state index contributed by atoms with van der Waals surface area (Å²) in [4.78, 5) is 0. The normalized spacial score (nSPS) is 31.8. The summed E-state index contributed by atoms with van der Waals surface area (Å²) < 4.78 is 0. The van der Waals surface area contributed by atoms with Crippen molar-refractivity contribution in [2.75, 3.05) is 0 Å². The Morgan fingerprint density at radius 2 is 2.67 bits per heavy atom. The molecule has 0 N–H and O–H groups in total. The Morgan fingerprint density at radius 3 is 2.83 bits per heavy atom. The fourth-order valence-corrected chi connectivity index (χ4v) is 0.679. The molecule has 0 saturated carbocycles. The fourth-order valence-electron chi connectivity index (χ4n) is 0.679. The van der Waals surface area contributed by atoms with E-state index < -0.39 is 0 Å². The molecule has 1 atom stereocenters. The topological polar surface area (TPSA) is 0 Å². The van der Waals surface area contributed by atoms with Crippen LogP contribution < -0.4 is 0 Å². The highest BCUT2D eigenvalue weighted by atomic mass is 14.0. The van der Waals surface area contributed by atoms with Crippen molar-refractivity contribution in [3.63, 3.8) is 0 Å². The lowest BCUT2D eigenvalue weighted by Gasteiger charge is -1.89. The second-order valence-corrected chi connectivity index (χ2v) is 1.89. The Labute approximate surface area is 38.9 Å². The van der Waals surface area contributed by atoms with Crippen molar-refractivity contribution in [2.24, 2.45) is 5.92 Å². The molecule has 1 unspecified atom stereocenters. The van der Waals surface area contributed by atoms with E-state index in [1.165, 1.54) is 12.8 Å². The summed E-state index contributed by atoms with van der Waals surface area (Å²) in [7, 11) is 0. The molecule has 0 bridgehead atoms. The average Bonchev–Trinajstić information content (AvgIpc) is 1.86. The second-order valence-electron chi connectivity index (χ2n) is 1.89. The van der Waals surface area contributed by atoms with Gasteiger partial charge in [0.15, 0.2) is 0 Å². The lowest BCUT2D eigenvalue weighted by atomic mass is 10.2. The van der Waals surface area contributed by atoms with Crippen LogP contribution in [0.15, 0.2) is 6.08 Å². The zero-order chi connectivity index (χ0) is 4.41. The van der Waals surface area contributed by atoms with Gasteiger partial charge in [-0.25, -0.2) is 0 Å². The van der Waals surface area contributed by atoms with Crippen LogP contribution in [0.5, 0.6) is 0 Å². The van der Waals surface area contributed by atoms with E-state index in [0.29, 0.717) is 0 Å². The van der Waals surface area contributed by atoms with E-state index in [-0.39, 0.29) is 0 Å². The maximum absolute atomic E-state index is 3.15. The predicted molar refractivity (Wildman–Crippen MR) is 26.2 cm³/mol. The van der Waals surface area contributed by atoms with Crippen molar-refractivity contribution in [3.8, 4) is 0 Å². The van der Waals surface area contributed by atoms with Gasteiger partial charge in [-0.05, 0) is 24.8 Å². The monoisotopic (exact) mass is 81.1 g/mol. The minimum absolute atomic E-state index is 0.810. The Bertz CT molecular complexity index is 62.4. The van der Waals surface area contributed by atoms with Gasteiger partial charge in [-0.15, -0.1) is 0 Å². The maximum atomic E-state index is 3.15. The summed E-state index contributed by atoms with van der Waals surface area (Å²) in [6, 6.07) is 0. The van der Waals surface area contributed by atoms with Crippen LogP contribution in [-0.4, -0.2) is 0 Å². The molecule has 1 rings (SSSR count). The van der Waals surface area contributed by atoms with Crippen molar-refractivity contribution >= 4 is 0 Å². The van der Waals surface area contributed by atoms with E-state index in [1.54, 1.807) is 0 Å². The SMILES string of the molecule is CC1C=[C]CC1. The molecule has 0 aromatic heterocycles. The van der Waals surface area contributed by atoms with Crippen LogP contribution in [0.25, 0.3) is 0 Å². The van der Waals surface area contributed by atoms with Crippen molar-refractivity contribution in [3.05, 3.63) is 12.2 Å². The highest BCUT2D eigenvalue weighted by Gasteiger charge is 1.99. The summed E-state index contributed by atoms with van der Waals surface area (Å²) in [6.07, 6.45) is 7.80. The van der Waals surface area contributed by atoms with Gasteiger partial charge in [0.05, 0.1) is 0 Å². The zero-order valence-electron chi connectivity index (χ0n) is 4.07. The van der Waals surface area contributed by atoms with Gasteiger partial charge in [0.2, 0.25) is 0 Å². The predicted octanol–water partition coefficient (Wildman–Crippen LogP) is 1.78. The van der Waals surface area contributed by atoms with Crippen molar-refractivity contribution < 1.29 is 0 Å². The molecule has 1 aliphatic rings. The molecule has 0 saturated heterocycles. The summed E-state index contributed by atoms with van der Waals surface area (Å²) in [5.41, 5.74) is 0. The van der Waals surface area contributed by atoms with E-state index >= 15 is 0 Å². The molecule has 0 heterocycles. The lowest BCUT2D eigenvalue weighted by Crippen LogP contribution is -1.76. The van der Waals surface area contributed by atoms with Crippen molar-refractivity contribution in [1.29, 1.82) is 0 Å². The molecule has 0 fully saturated rings. The Balaban J connectivity index is 2.38. The van der Waals surface area contributed by atoms with E-state index in [2.05, 4.69) is 19.1 Å². The van der Waals surface area contributed by atoms with Crippen LogP contribution in [0.4, 0.5) is 0 Å². The van der Waals surface area contributed by atoms with E-state index in [9.17, 15) is 0 Å². The minimum atomic E-state index is 0.810. The molecule has 0 spiro atoms. The van der Waals surface area contributed by atoms with Crippen LogP contribution in [0, 0.1) is 12.0 Å². The standard InChI is InChI=1S/C6H9/c1-6-4-2-3-5-6/h5-6H,2,4H2,1H3. The summed E-state index contributed by atoms with van der Waals surface area (Å²) in [6.45, 7) is 2.22. The molecular weight excluding hydrogens is 72.1 g/mol. The van der Waals surface area contributed by atoms with Crippen LogP contribution in [0.1, 0.15) is 19.8 Å². The largest absolute Gasteiger partial charge is 0.0782 e. The minimum Gasteiger partial charge on any atom is -0.0782 e. The quantitative estimate of drug-likeness (QED) is 0.417. The molecule has 0 aromatic rings. The van der Waals surface area contributed by atoms with Crippen molar-refractivity contribution in [2.45, 2.75) is 19.8 Å². The number of hydrogen-bond donors (Lipinski definition) is 0. The Hall–Kier alpha value is -0.260. The summed E-state index contributed by atoms with van der Waals surface area (Å²) in [5, 5.41) is 0. The average molecular weight is 81.1 g/mol. The highest BCUT2D eigenvalue weighted by Crippen LogP contribution is 2.13. The van der Waals surface area contributed by atoms with Gasteiger partial charge < -0.3 is 0 Å². The van der Waals surface area contributed by atoms with Gasteiger partial charge in [0.25, 0.3) is 0 Å². The third-order valence-corrected chi connectivity index (χ3v) is 1.15. The van der Waals surface area contributed by atoms with Crippen molar-refractivity contribution in [1.82, 2.24) is 0 Å². The van der Waals surface area contributed by atoms with E-state index in [4.69, 9.17) is 0 Å². The first-order valence-corrected chi connectivity index (χ1v) is 2.46. The Kier molecular flexibility index (Phi) is 0.952. The molecular formula is C6H9. The first-order chi connectivity index (χ1) is 2.89. The number of rotatable bonds is 0. The van der Waals surface area contributed by atoms with E-state index in [1.807, 2.05) is 0 Å². The van der Waals surface area contributed by atoms with Gasteiger partial charge in [-0.1, -0.05) is 13.0 Å². The van der Waals surface area contributed by atoms with Gasteiger partial charge in [0, 0.05) is 0 Å². The molecule has 33 valence electrons. The molecule has 1 aliphatic carbocycles. The third-order valence-electron chi connectivity index (χ3n) is 1.15. The van der Waals surface area contributed by atoms with Gasteiger partial charge in [-0.3, -0.25) is 0 Å². The number of allylic oxidation sites excluding steroid dienone is 2. The molecule has 0 aliphatic heterocycles. The van der Waals surface area contributed by atoms with Gasteiger partial charge >= 0.3 is 0 Å². The molecule has 6 heavy (non-hydrogen) atoms. The summed E-state index contributed by atoms with van der Waals surface area (Å²) in [5.74, 6) is 0.810. The zero-order valence-corrected chi connectivity index (χ0v) is 4.07. The molecule has 0 amide bonds. The third kappa shape index (κ3) is 0.618. The molecule has 0 heteroatoms. The Morgan fingerprint density at radius 1 is 1.83 bits per heavy atom. The number of hydrogen-bond acceptors (Lipinski definition) is 0. The molecule has 0 nitrogen and oxygen atoms in total. The molecule has 1 radical (unpaired) electrons. The summed E-state index contributed by atoms with van der Waals surface area (Å²) >= 11 is 0. The highest BCUT2D eigenvalue weighted by molar-refractivity contribution is 4.87. The second kappa shape index (κ2) is 1.46. The van der Waals surface area contributed by atoms with Gasteiger partial charge in [-0.2, -0.15) is 0 Å². The smallest absolute Gasteiger partial charge is 0.0253 e.